The van der Waals surface area contributed by atoms with Crippen molar-refractivity contribution in [3.05, 3.63) is 108 Å². The van der Waals surface area contributed by atoms with Crippen LogP contribution < -0.4 is 0 Å². The molecule has 0 radical (unpaired) electrons. The van der Waals surface area contributed by atoms with Gasteiger partial charge >= 0.3 is 0 Å². The predicted molar refractivity (Wildman–Crippen MR) is 142 cm³/mol. The molecule has 2 aliphatic heterocycles. The van der Waals surface area contributed by atoms with Crippen molar-refractivity contribution in [1.82, 2.24) is 19.9 Å². The fraction of sp³-hybridized carbons (Fsp3) is 0. The number of hydrogen-bond donors (Lipinski definition) is 2. The largest absolute Gasteiger partial charge is 0.355 e. The second-order valence-electron chi connectivity index (χ2n) is 8.65. The second-order valence-corrected chi connectivity index (χ2v) is 8.65. The van der Waals surface area contributed by atoms with Gasteiger partial charge in [0.15, 0.2) is 0 Å². The molecule has 168 valence electrons. The van der Waals surface area contributed by atoms with Gasteiger partial charge in [0, 0.05) is 44.7 Å². The maximum Gasteiger partial charge on any atom is 0.0658 e. The first-order valence-corrected chi connectivity index (χ1v) is 11.3. The van der Waals surface area contributed by atoms with Crippen LogP contribution in [0, 0.1) is 0 Å². The number of nitrogens with zero attached hydrogens (tertiary/aromatic N) is 2. The summed E-state index contributed by atoms with van der Waals surface area (Å²) in [6, 6.07) is 29.7. The van der Waals surface area contributed by atoms with Crippen molar-refractivity contribution in [1.29, 1.82) is 0 Å². The van der Waals surface area contributed by atoms with Crippen molar-refractivity contribution in [2.45, 2.75) is 0 Å². The Morgan fingerprint density at radius 2 is 1.09 bits per heavy atom. The second kappa shape index (κ2) is 8.55. The van der Waals surface area contributed by atoms with Gasteiger partial charge in [-0.2, -0.15) is 0 Å². The normalized spacial score (nSPS) is 12.1. The van der Waals surface area contributed by atoms with Gasteiger partial charge in [0.1, 0.15) is 0 Å². The van der Waals surface area contributed by atoms with Crippen LogP contribution in [0.25, 0.3) is 68.3 Å². The molecular weight excluding hydrogens is 472 g/mol. The predicted octanol–water partition coefficient (Wildman–Crippen LogP) is 7.47. The Morgan fingerprint density at radius 3 is 1.77 bits per heavy atom. The van der Waals surface area contributed by atoms with Crippen molar-refractivity contribution >= 4 is 57.1 Å². The third-order valence-electron chi connectivity index (χ3n) is 6.23. The van der Waals surface area contributed by atoms with Gasteiger partial charge in [-0.05, 0) is 89.2 Å². The maximum absolute atomic E-state index is 4.82. The summed E-state index contributed by atoms with van der Waals surface area (Å²) in [6.45, 7) is 0. The van der Waals surface area contributed by atoms with Crippen molar-refractivity contribution in [3.8, 4) is 11.1 Å². The third-order valence-corrected chi connectivity index (χ3v) is 6.23. The Kier molecular flexibility index (Phi) is 5.22. The molecule has 5 aromatic rings. The Morgan fingerprint density at radius 1 is 0.486 bits per heavy atom. The monoisotopic (exact) mass is 492 g/mol. The van der Waals surface area contributed by atoms with Gasteiger partial charge in [0.2, 0.25) is 0 Å². The molecule has 0 spiro atoms. The first-order chi connectivity index (χ1) is 16.7. The minimum Gasteiger partial charge on any atom is -0.355 e. The quantitative estimate of drug-likeness (QED) is 0.234. The zero-order valence-electron chi connectivity index (χ0n) is 18.6. The number of hydrogen-bond acceptors (Lipinski definition) is 2. The van der Waals surface area contributed by atoms with E-state index in [-0.39, 0.29) is 17.1 Å². The van der Waals surface area contributed by atoms with E-state index in [0.29, 0.717) is 0 Å². The van der Waals surface area contributed by atoms with Gasteiger partial charge in [-0.25, -0.2) is 9.97 Å². The summed E-state index contributed by atoms with van der Waals surface area (Å²) in [5, 5.41) is 2.46. The first-order valence-electron chi connectivity index (χ1n) is 11.3. The van der Waals surface area contributed by atoms with Gasteiger partial charge in [-0.1, -0.05) is 36.4 Å². The van der Waals surface area contributed by atoms with Gasteiger partial charge < -0.3 is 9.97 Å². The van der Waals surface area contributed by atoms with Crippen LogP contribution in [0.2, 0.25) is 0 Å². The molecule has 0 fully saturated rings. The van der Waals surface area contributed by atoms with E-state index in [1.165, 1.54) is 16.3 Å². The molecule has 2 aliphatic rings. The average molecular weight is 492 g/mol. The van der Waals surface area contributed by atoms with E-state index < -0.39 is 0 Å². The molecule has 2 N–H and O–H groups in total. The van der Waals surface area contributed by atoms with Crippen LogP contribution in [-0.2, 0) is 17.1 Å². The summed E-state index contributed by atoms with van der Waals surface area (Å²) in [6.07, 6.45) is 8.19. The summed E-state index contributed by atoms with van der Waals surface area (Å²) in [7, 11) is 0. The smallest absolute Gasteiger partial charge is 0.0658 e. The molecule has 4 nitrogen and oxygen atoms in total. The summed E-state index contributed by atoms with van der Waals surface area (Å²) in [4.78, 5) is 16.6. The zero-order valence-corrected chi connectivity index (χ0v) is 19.7. The molecule has 0 aliphatic carbocycles. The molecule has 0 amide bonds. The van der Waals surface area contributed by atoms with Crippen LogP contribution in [-0.4, -0.2) is 19.9 Å². The van der Waals surface area contributed by atoms with E-state index >= 15 is 0 Å². The minimum absolute atomic E-state index is 0. The van der Waals surface area contributed by atoms with Gasteiger partial charge in [-0.3, -0.25) is 0 Å². The van der Waals surface area contributed by atoms with Crippen molar-refractivity contribution in [2.24, 2.45) is 0 Å². The van der Waals surface area contributed by atoms with E-state index in [1.807, 2.05) is 18.2 Å². The molecular formula is C30H20FeN4. The van der Waals surface area contributed by atoms with Crippen molar-refractivity contribution in [2.75, 3.05) is 0 Å². The SMILES string of the molecule is C1=Cc2cc3cc(-c4ccc5ccccc5c4)c(cc4nc(cc5ccc(cc1n2)[nH]5)C=C4)[nH]3.[Fe]. The standard InChI is InChI=1S/C30H20N4.Fe/c1-2-4-20-13-21(6-5-19(20)3-1)29-17-28-16-26-10-9-24(32-26)14-22-7-8-23(31-22)15-25-11-12-27(33-25)18-30(29)34-28;/h1-18,31,34H;. The maximum atomic E-state index is 4.82. The molecule has 5 heterocycles. The molecule has 35 heavy (non-hydrogen) atoms. The fourth-order valence-corrected chi connectivity index (χ4v) is 4.61. The van der Waals surface area contributed by atoms with Crippen LogP contribution in [0.5, 0.6) is 0 Å². The number of nitrogens with one attached hydrogen (secondary N) is 2. The summed E-state index contributed by atoms with van der Waals surface area (Å²) in [5.41, 5.74) is 10.1. The number of fused-ring (bicyclic) bond motifs is 9. The van der Waals surface area contributed by atoms with Crippen LogP contribution in [0.1, 0.15) is 22.8 Å². The first kappa shape index (κ1) is 21.4. The molecule has 0 unspecified atom stereocenters. The van der Waals surface area contributed by atoms with Crippen molar-refractivity contribution in [3.63, 3.8) is 0 Å². The van der Waals surface area contributed by atoms with Crippen molar-refractivity contribution < 1.29 is 17.1 Å². The molecule has 8 bridgehead atoms. The van der Waals surface area contributed by atoms with Gasteiger partial charge in [0.25, 0.3) is 0 Å². The number of aromatic amines is 2. The summed E-state index contributed by atoms with van der Waals surface area (Å²) in [5.74, 6) is 0. The van der Waals surface area contributed by atoms with Crippen LogP contribution in [0.3, 0.4) is 0 Å². The molecule has 7 rings (SSSR count). The number of benzene rings is 2. The Balaban J connectivity index is 0.00000229. The molecule has 3 aromatic heterocycles. The number of rotatable bonds is 1. The van der Waals surface area contributed by atoms with Crippen LogP contribution in [0.15, 0.2) is 84.9 Å². The molecule has 0 saturated carbocycles. The van der Waals surface area contributed by atoms with E-state index in [9.17, 15) is 0 Å². The van der Waals surface area contributed by atoms with E-state index in [0.717, 1.165) is 50.4 Å². The zero-order chi connectivity index (χ0) is 22.5. The summed E-state index contributed by atoms with van der Waals surface area (Å²) >= 11 is 0. The van der Waals surface area contributed by atoms with E-state index in [4.69, 9.17) is 9.97 Å². The molecule has 5 heteroatoms. The topological polar surface area (TPSA) is 57.4 Å². The minimum atomic E-state index is 0. The van der Waals surface area contributed by atoms with Crippen LogP contribution >= 0.6 is 0 Å². The average Bonchev–Trinajstić information content (AvgIpc) is 3.64. The molecule has 2 aromatic carbocycles. The molecule has 0 saturated heterocycles. The number of H-pyrrole nitrogens is 2. The fourth-order valence-electron chi connectivity index (χ4n) is 4.61. The molecule has 0 atom stereocenters. The van der Waals surface area contributed by atoms with Crippen LogP contribution in [0.4, 0.5) is 0 Å². The van der Waals surface area contributed by atoms with Gasteiger partial charge in [-0.15, -0.1) is 0 Å². The van der Waals surface area contributed by atoms with E-state index in [2.05, 4.69) is 101 Å². The third kappa shape index (κ3) is 4.12. The number of aromatic nitrogens is 4. The Bertz CT molecular complexity index is 1820. The Labute approximate surface area is 212 Å². The summed E-state index contributed by atoms with van der Waals surface area (Å²) < 4.78 is 0. The van der Waals surface area contributed by atoms with Gasteiger partial charge in [0.05, 0.1) is 22.8 Å². The Hall–Kier alpha value is -4.18. The van der Waals surface area contributed by atoms with E-state index in [1.54, 1.807) is 0 Å².